The van der Waals surface area contributed by atoms with E-state index >= 15 is 0 Å². The molecule has 3 nitrogen and oxygen atoms in total. The molecule has 0 saturated heterocycles. The second-order valence-corrected chi connectivity index (χ2v) is 3.84. The number of halogens is 3. The number of Topliss-reactive ketones (excluding diaryl/α,β-unsaturated/α-hetero) is 1. The van der Waals surface area contributed by atoms with Crippen LogP contribution in [0.15, 0.2) is 18.2 Å². The van der Waals surface area contributed by atoms with E-state index < -0.39 is 24.8 Å². The van der Waals surface area contributed by atoms with Crippen molar-refractivity contribution in [3.8, 4) is 0 Å². The van der Waals surface area contributed by atoms with Crippen LogP contribution in [0.3, 0.4) is 0 Å². The van der Waals surface area contributed by atoms with Gasteiger partial charge in [-0.2, -0.15) is 13.2 Å². The first-order valence-electron chi connectivity index (χ1n) is 5.31. The highest BCUT2D eigenvalue weighted by atomic mass is 19.4. The molecule has 6 heteroatoms. The third-order valence-electron chi connectivity index (χ3n) is 2.50. The summed E-state index contributed by atoms with van der Waals surface area (Å²) in [6, 6.07) is 4.08. The summed E-state index contributed by atoms with van der Waals surface area (Å²) in [6.45, 7) is -0.677. The van der Waals surface area contributed by atoms with Gasteiger partial charge in [0.1, 0.15) is 0 Å². The van der Waals surface area contributed by atoms with Gasteiger partial charge in [-0.15, -0.1) is 0 Å². The number of hydrogen-bond acceptors (Lipinski definition) is 3. The smallest absolute Gasteiger partial charge is 0.389 e. The standard InChI is InChI=1S/C12H13F3O3/c13-12(14,15)4-3-11(18)8-1-2-9(6-16)10(5-8)7-17/h1-2,5,16-17H,3-4,6-7H2. The van der Waals surface area contributed by atoms with Crippen molar-refractivity contribution in [2.75, 3.05) is 0 Å². The zero-order valence-corrected chi connectivity index (χ0v) is 9.50. The van der Waals surface area contributed by atoms with E-state index in [1.54, 1.807) is 0 Å². The number of carbonyl (C=O) groups excluding carboxylic acids is 1. The molecule has 0 heterocycles. The number of ketones is 1. The average molecular weight is 262 g/mol. The number of carbonyl (C=O) groups is 1. The fourth-order valence-electron chi connectivity index (χ4n) is 1.50. The second-order valence-electron chi connectivity index (χ2n) is 3.84. The molecule has 0 aromatic heterocycles. The molecule has 1 aromatic carbocycles. The summed E-state index contributed by atoms with van der Waals surface area (Å²) in [6.07, 6.45) is -6.14. The fourth-order valence-corrected chi connectivity index (χ4v) is 1.50. The van der Waals surface area contributed by atoms with Crippen LogP contribution in [0, 0.1) is 0 Å². The zero-order valence-electron chi connectivity index (χ0n) is 9.50. The van der Waals surface area contributed by atoms with Gasteiger partial charge < -0.3 is 10.2 Å². The minimum atomic E-state index is -4.36. The number of rotatable bonds is 5. The molecule has 0 aliphatic carbocycles. The molecule has 0 spiro atoms. The van der Waals surface area contributed by atoms with Gasteiger partial charge in [-0.05, 0) is 17.2 Å². The molecule has 0 atom stereocenters. The molecule has 1 rings (SSSR count). The Morgan fingerprint density at radius 2 is 1.72 bits per heavy atom. The lowest BCUT2D eigenvalue weighted by molar-refractivity contribution is -0.133. The molecular formula is C12H13F3O3. The number of alkyl halides is 3. The maximum atomic E-state index is 12.0. The largest absolute Gasteiger partial charge is 0.392 e. The van der Waals surface area contributed by atoms with Crippen molar-refractivity contribution in [1.29, 1.82) is 0 Å². The van der Waals surface area contributed by atoms with Crippen molar-refractivity contribution in [3.63, 3.8) is 0 Å². The zero-order chi connectivity index (χ0) is 13.8. The predicted octanol–water partition coefficient (Wildman–Crippen LogP) is 2.20. The first-order chi connectivity index (χ1) is 8.37. The summed E-state index contributed by atoms with van der Waals surface area (Å²) in [5.41, 5.74) is 0.903. The fraction of sp³-hybridized carbons (Fsp3) is 0.417. The minimum absolute atomic E-state index is 0.112. The average Bonchev–Trinajstić information content (AvgIpc) is 2.34. The van der Waals surface area contributed by atoms with Gasteiger partial charge in [-0.25, -0.2) is 0 Å². The van der Waals surface area contributed by atoms with Gasteiger partial charge in [-0.1, -0.05) is 12.1 Å². The normalized spacial score (nSPS) is 11.6. The van der Waals surface area contributed by atoms with Gasteiger partial charge >= 0.3 is 6.18 Å². The van der Waals surface area contributed by atoms with Crippen molar-refractivity contribution in [1.82, 2.24) is 0 Å². The molecule has 1 aromatic rings. The van der Waals surface area contributed by atoms with Crippen molar-refractivity contribution in [2.24, 2.45) is 0 Å². The van der Waals surface area contributed by atoms with E-state index in [4.69, 9.17) is 10.2 Å². The second kappa shape index (κ2) is 5.97. The SMILES string of the molecule is O=C(CCC(F)(F)F)c1ccc(CO)c(CO)c1. The van der Waals surface area contributed by atoms with Gasteiger partial charge in [0.15, 0.2) is 5.78 Å². The van der Waals surface area contributed by atoms with Crippen LogP contribution in [-0.4, -0.2) is 22.2 Å². The molecule has 0 aliphatic rings. The number of aliphatic hydroxyl groups is 2. The lowest BCUT2D eigenvalue weighted by Gasteiger charge is -2.08. The van der Waals surface area contributed by atoms with Crippen molar-refractivity contribution < 1.29 is 28.2 Å². The highest BCUT2D eigenvalue weighted by Crippen LogP contribution is 2.23. The van der Waals surface area contributed by atoms with E-state index in [0.29, 0.717) is 11.1 Å². The molecule has 0 fully saturated rings. The van der Waals surface area contributed by atoms with E-state index in [2.05, 4.69) is 0 Å². The lowest BCUT2D eigenvalue weighted by Crippen LogP contribution is -2.11. The van der Waals surface area contributed by atoms with E-state index in [1.807, 2.05) is 0 Å². The molecule has 100 valence electrons. The molecule has 18 heavy (non-hydrogen) atoms. The van der Waals surface area contributed by atoms with Crippen LogP contribution in [0.2, 0.25) is 0 Å². The Labute approximate surface area is 102 Å². The summed E-state index contributed by atoms with van der Waals surface area (Å²) in [4.78, 5) is 11.5. The van der Waals surface area contributed by atoms with Crippen molar-refractivity contribution in [2.45, 2.75) is 32.2 Å². The van der Waals surface area contributed by atoms with Crippen LogP contribution < -0.4 is 0 Å². The summed E-state index contributed by atoms with van der Waals surface area (Å²) in [5.74, 6) is -0.633. The first kappa shape index (κ1) is 14.7. The van der Waals surface area contributed by atoms with E-state index in [0.717, 1.165) is 0 Å². The molecule has 0 aliphatic heterocycles. The first-order valence-corrected chi connectivity index (χ1v) is 5.31. The number of aliphatic hydroxyl groups excluding tert-OH is 2. The summed E-state index contributed by atoms with van der Waals surface area (Å²) in [5, 5.41) is 18.0. The van der Waals surface area contributed by atoms with Crippen LogP contribution >= 0.6 is 0 Å². The van der Waals surface area contributed by atoms with Gasteiger partial charge in [0.2, 0.25) is 0 Å². The van der Waals surface area contributed by atoms with Gasteiger partial charge in [0, 0.05) is 12.0 Å². The van der Waals surface area contributed by atoms with Gasteiger partial charge in [0.25, 0.3) is 0 Å². The van der Waals surface area contributed by atoms with Gasteiger partial charge in [0.05, 0.1) is 19.6 Å². The molecule has 0 radical (unpaired) electrons. The number of hydrogen-bond donors (Lipinski definition) is 2. The molecule has 2 N–H and O–H groups in total. The quantitative estimate of drug-likeness (QED) is 0.800. The highest BCUT2D eigenvalue weighted by molar-refractivity contribution is 5.96. The Bertz CT molecular complexity index is 427. The lowest BCUT2D eigenvalue weighted by atomic mass is 10.0. The Morgan fingerprint density at radius 3 is 2.22 bits per heavy atom. The summed E-state index contributed by atoms with van der Waals surface area (Å²) < 4.78 is 35.9. The van der Waals surface area contributed by atoms with Crippen LogP contribution in [0.1, 0.15) is 34.3 Å². The Morgan fingerprint density at radius 1 is 1.11 bits per heavy atom. The van der Waals surface area contributed by atoms with Gasteiger partial charge in [-0.3, -0.25) is 4.79 Å². The van der Waals surface area contributed by atoms with E-state index in [-0.39, 0.29) is 18.8 Å². The third-order valence-corrected chi connectivity index (χ3v) is 2.50. The van der Waals surface area contributed by atoms with E-state index in [1.165, 1.54) is 18.2 Å². The van der Waals surface area contributed by atoms with Crippen LogP contribution in [0.5, 0.6) is 0 Å². The Balaban J connectivity index is 2.80. The summed E-state index contributed by atoms with van der Waals surface area (Å²) in [7, 11) is 0. The van der Waals surface area contributed by atoms with Crippen molar-refractivity contribution in [3.05, 3.63) is 34.9 Å². The van der Waals surface area contributed by atoms with Crippen LogP contribution in [-0.2, 0) is 13.2 Å². The third kappa shape index (κ3) is 4.12. The molecular weight excluding hydrogens is 249 g/mol. The van der Waals surface area contributed by atoms with Crippen LogP contribution in [0.25, 0.3) is 0 Å². The maximum Gasteiger partial charge on any atom is 0.389 e. The van der Waals surface area contributed by atoms with E-state index in [9.17, 15) is 18.0 Å². The predicted molar refractivity (Wildman–Crippen MR) is 57.9 cm³/mol. The molecule has 0 amide bonds. The maximum absolute atomic E-state index is 12.0. The highest BCUT2D eigenvalue weighted by Gasteiger charge is 2.28. The molecule has 0 bridgehead atoms. The monoisotopic (exact) mass is 262 g/mol. The molecule has 0 saturated carbocycles. The topological polar surface area (TPSA) is 57.5 Å². The summed E-state index contributed by atoms with van der Waals surface area (Å²) >= 11 is 0. The number of benzene rings is 1. The molecule has 0 unspecified atom stereocenters. The van der Waals surface area contributed by atoms with Crippen molar-refractivity contribution >= 4 is 5.78 Å². The Kier molecular flexibility index (Phi) is 4.86. The van der Waals surface area contributed by atoms with Crippen LogP contribution in [0.4, 0.5) is 13.2 Å². The Hall–Kier alpha value is -1.40. The minimum Gasteiger partial charge on any atom is -0.392 e.